The molecular formula is C14H21N5. The van der Waals surface area contributed by atoms with E-state index in [0.29, 0.717) is 0 Å². The van der Waals surface area contributed by atoms with Gasteiger partial charge >= 0.3 is 0 Å². The molecule has 2 rings (SSSR count). The topological polar surface area (TPSA) is 54.8 Å². The minimum atomic E-state index is 0.157. The third-order valence-corrected chi connectivity index (χ3v) is 2.60. The van der Waals surface area contributed by atoms with Gasteiger partial charge in [-0.3, -0.25) is 0 Å². The third kappa shape index (κ3) is 4.37. The molecule has 0 radical (unpaired) electrons. The Labute approximate surface area is 114 Å². The van der Waals surface area contributed by atoms with E-state index >= 15 is 0 Å². The van der Waals surface area contributed by atoms with E-state index in [9.17, 15) is 0 Å². The zero-order chi connectivity index (χ0) is 13.7. The van der Waals surface area contributed by atoms with Crippen LogP contribution in [0, 0.1) is 0 Å². The van der Waals surface area contributed by atoms with Gasteiger partial charge in [-0.1, -0.05) is 0 Å². The van der Waals surface area contributed by atoms with Crippen molar-refractivity contribution in [2.45, 2.75) is 26.3 Å². The molecule has 0 amide bonds. The van der Waals surface area contributed by atoms with Crippen LogP contribution in [0.1, 0.15) is 20.8 Å². The molecule has 0 aromatic carbocycles. The van der Waals surface area contributed by atoms with E-state index in [1.807, 2.05) is 30.6 Å². The van der Waals surface area contributed by atoms with Crippen LogP contribution < -0.4 is 10.6 Å². The van der Waals surface area contributed by atoms with Gasteiger partial charge in [-0.25, -0.2) is 9.67 Å². The summed E-state index contributed by atoms with van der Waals surface area (Å²) in [6.45, 7) is 8.28. The van der Waals surface area contributed by atoms with Crippen LogP contribution in [-0.4, -0.2) is 33.4 Å². The molecule has 0 fully saturated rings. The number of rotatable bonds is 5. The predicted molar refractivity (Wildman–Crippen MR) is 77.6 cm³/mol. The fraction of sp³-hybridized carbons (Fsp3) is 0.429. The number of anilines is 1. The first-order valence-corrected chi connectivity index (χ1v) is 6.49. The Balaban J connectivity index is 1.83. The zero-order valence-corrected chi connectivity index (χ0v) is 11.7. The van der Waals surface area contributed by atoms with Crippen molar-refractivity contribution < 1.29 is 0 Å². The molecule has 0 bridgehead atoms. The van der Waals surface area contributed by atoms with Crippen molar-refractivity contribution in [3.05, 3.63) is 36.8 Å². The molecule has 5 heteroatoms. The Morgan fingerprint density at radius 2 is 2.05 bits per heavy atom. The highest BCUT2D eigenvalue weighted by atomic mass is 15.3. The monoisotopic (exact) mass is 259 g/mol. The molecule has 0 saturated carbocycles. The van der Waals surface area contributed by atoms with Crippen molar-refractivity contribution in [2.75, 3.05) is 18.4 Å². The van der Waals surface area contributed by atoms with Gasteiger partial charge in [-0.2, -0.15) is 5.10 Å². The van der Waals surface area contributed by atoms with Gasteiger partial charge in [0.1, 0.15) is 0 Å². The molecule has 2 aromatic heterocycles. The van der Waals surface area contributed by atoms with Crippen LogP contribution in [0.5, 0.6) is 0 Å². The summed E-state index contributed by atoms with van der Waals surface area (Å²) in [4.78, 5) is 4.37. The fourth-order valence-electron chi connectivity index (χ4n) is 1.67. The summed E-state index contributed by atoms with van der Waals surface area (Å²) in [5.41, 5.74) is 1.18. The quantitative estimate of drug-likeness (QED) is 0.807. The average Bonchev–Trinajstić information content (AvgIpc) is 2.88. The Morgan fingerprint density at radius 1 is 1.21 bits per heavy atom. The van der Waals surface area contributed by atoms with Gasteiger partial charge in [0.15, 0.2) is 5.82 Å². The predicted octanol–water partition coefficient (Wildman–Crippen LogP) is 2.07. The number of hydrogen-bond acceptors (Lipinski definition) is 4. The molecule has 2 heterocycles. The molecule has 5 nitrogen and oxygen atoms in total. The van der Waals surface area contributed by atoms with Crippen molar-refractivity contribution in [1.29, 1.82) is 0 Å². The maximum Gasteiger partial charge on any atom is 0.153 e. The van der Waals surface area contributed by atoms with Crippen molar-refractivity contribution in [2.24, 2.45) is 0 Å². The van der Waals surface area contributed by atoms with E-state index in [4.69, 9.17) is 0 Å². The number of pyridine rings is 1. The van der Waals surface area contributed by atoms with Gasteiger partial charge in [-0.15, -0.1) is 0 Å². The molecule has 0 aliphatic rings. The lowest BCUT2D eigenvalue weighted by molar-refractivity contribution is 0.435. The third-order valence-electron chi connectivity index (χ3n) is 2.60. The van der Waals surface area contributed by atoms with E-state index < -0.39 is 0 Å². The van der Waals surface area contributed by atoms with Gasteiger partial charge in [0, 0.05) is 31.0 Å². The first-order valence-electron chi connectivity index (χ1n) is 6.49. The van der Waals surface area contributed by atoms with E-state index in [0.717, 1.165) is 24.6 Å². The smallest absolute Gasteiger partial charge is 0.153 e. The first-order chi connectivity index (χ1) is 9.04. The van der Waals surface area contributed by atoms with E-state index in [-0.39, 0.29) is 5.54 Å². The van der Waals surface area contributed by atoms with Crippen LogP contribution >= 0.6 is 0 Å². The van der Waals surface area contributed by atoms with Crippen LogP contribution in [0.25, 0.3) is 5.82 Å². The van der Waals surface area contributed by atoms with Crippen molar-refractivity contribution in [1.82, 2.24) is 20.1 Å². The normalized spacial score (nSPS) is 11.5. The molecule has 2 aromatic rings. The lowest BCUT2D eigenvalue weighted by Crippen LogP contribution is -2.38. The van der Waals surface area contributed by atoms with Gasteiger partial charge < -0.3 is 10.6 Å². The number of hydrogen-bond donors (Lipinski definition) is 2. The highest BCUT2D eigenvalue weighted by Crippen LogP contribution is 2.08. The lowest BCUT2D eigenvalue weighted by atomic mass is 10.1. The Bertz CT molecular complexity index is 482. The summed E-state index contributed by atoms with van der Waals surface area (Å²) in [6, 6.07) is 5.85. The first kappa shape index (κ1) is 13.5. The molecule has 2 N–H and O–H groups in total. The average molecular weight is 259 g/mol. The SMILES string of the molecule is CC(C)(C)NCCNc1ccc(-n2cccn2)nc1. The van der Waals surface area contributed by atoms with Crippen molar-refractivity contribution >= 4 is 5.69 Å². The minimum absolute atomic E-state index is 0.157. The molecule has 0 aliphatic carbocycles. The standard InChI is InChI=1S/C14H21N5/c1-14(2,3)17-9-8-15-12-5-6-13(16-11-12)19-10-4-7-18-19/h4-7,10-11,15,17H,8-9H2,1-3H3. The van der Waals surface area contributed by atoms with Crippen molar-refractivity contribution in [3.63, 3.8) is 0 Å². The highest BCUT2D eigenvalue weighted by Gasteiger charge is 2.07. The van der Waals surface area contributed by atoms with E-state index in [1.165, 1.54) is 0 Å². The summed E-state index contributed by atoms with van der Waals surface area (Å²) in [5.74, 6) is 0.823. The summed E-state index contributed by atoms with van der Waals surface area (Å²) in [7, 11) is 0. The van der Waals surface area contributed by atoms with E-state index in [2.05, 4.69) is 41.5 Å². The second kappa shape index (κ2) is 5.84. The number of nitrogens with one attached hydrogen (secondary N) is 2. The van der Waals surface area contributed by atoms with Gasteiger partial charge in [-0.05, 0) is 39.0 Å². The Kier molecular flexibility index (Phi) is 4.16. The van der Waals surface area contributed by atoms with Crippen LogP contribution in [-0.2, 0) is 0 Å². The van der Waals surface area contributed by atoms with Gasteiger partial charge in [0.05, 0.1) is 11.9 Å². The van der Waals surface area contributed by atoms with Crippen LogP contribution in [0.2, 0.25) is 0 Å². The van der Waals surface area contributed by atoms with E-state index in [1.54, 1.807) is 10.9 Å². The van der Waals surface area contributed by atoms with Crippen LogP contribution in [0.15, 0.2) is 36.8 Å². The van der Waals surface area contributed by atoms with Crippen molar-refractivity contribution in [3.8, 4) is 5.82 Å². The van der Waals surface area contributed by atoms with Crippen LogP contribution in [0.3, 0.4) is 0 Å². The summed E-state index contributed by atoms with van der Waals surface area (Å²) in [5, 5.41) is 10.9. The maximum atomic E-state index is 4.37. The second-order valence-electron chi connectivity index (χ2n) is 5.46. The van der Waals surface area contributed by atoms with Crippen LogP contribution in [0.4, 0.5) is 5.69 Å². The molecule has 0 unspecified atom stereocenters. The number of nitrogens with zero attached hydrogens (tertiary/aromatic N) is 3. The summed E-state index contributed by atoms with van der Waals surface area (Å²) >= 11 is 0. The lowest BCUT2D eigenvalue weighted by Gasteiger charge is -2.20. The largest absolute Gasteiger partial charge is 0.383 e. The molecule has 0 saturated heterocycles. The van der Waals surface area contributed by atoms with Gasteiger partial charge in [0.2, 0.25) is 0 Å². The highest BCUT2D eigenvalue weighted by molar-refractivity contribution is 5.43. The molecule has 0 atom stereocenters. The zero-order valence-electron chi connectivity index (χ0n) is 11.7. The molecular weight excluding hydrogens is 238 g/mol. The summed E-state index contributed by atoms with van der Waals surface area (Å²) in [6.07, 6.45) is 5.45. The number of aromatic nitrogens is 3. The molecule has 0 spiro atoms. The molecule has 0 aliphatic heterocycles. The molecule has 19 heavy (non-hydrogen) atoms. The minimum Gasteiger partial charge on any atom is -0.383 e. The second-order valence-corrected chi connectivity index (χ2v) is 5.46. The summed E-state index contributed by atoms with van der Waals surface area (Å²) < 4.78 is 1.74. The Hall–Kier alpha value is -1.88. The Morgan fingerprint density at radius 3 is 2.63 bits per heavy atom. The fourth-order valence-corrected chi connectivity index (χ4v) is 1.67. The van der Waals surface area contributed by atoms with Gasteiger partial charge in [0.25, 0.3) is 0 Å². The maximum absolute atomic E-state index is 4.37. The molecule has 102 valence electrons.